The van der Waals surface area contributed by atoms with E-state index in [0.29, 0.717) is 23.7 Å². The Bertz CT molecular complexity index is 931. The zero-order valence-corrected chi connectivity index (χ0v) is 16.3. The van der Waals surface area contributed by atoms with Crippen LogP contribution in [-0.2, 0) is 19.5 Å². The summed E-state index contributed by atoms with van der Waals surface area (Å²) in [5.41, 5.74) is 0.702. The van der Waals surface area contributed by atoms with Crippen LogP contribution in [0.15, 0.2) is 40.6 Å². The van der Waals surface area contributed by atoms with Crippen LogP contribution in [0.5, 0.6) is 0 Å². The molecule has 1 aliphatic rings. The van der Waals surface area contributed by atoms with Gasteiger partial charge in [0.1, 0.15) is 0 Å². The third-order valence-electron chi connectivity index (χ3n) is 4.17. The Kier molecular flexibility index (Phi) is 6.05. The molecule has 0 spiro atoms. The van der Waals surface area contributed by atoms with Gasteiger partial charge in [0.15, 0.2) is 6.61 Å². The monoisotopic (exact) mass is 409 g/mol. The molecule has 2 aromatic rings. The number of sulfonamides is 1. The van der Waals surface area contributed by atoms with Gasteiger partial charge in [-0.25, -0.2) is 13.2 Å². The number of thiophene rings is 1. The van der Waals surface area contributed by atoms with Crippen molar-refractivity contribution in [2.75, 3.05) is 32.9 Å². The summed E-state index contributed by atoms with van der Waals surface area (Å²) in [6, 6.07) is 7.72. The van der Waals surface area contributed by atoms with E-state index in [1.54, 1.807) is 30.5 Å². The number of morpholine rings is 1. The average molecular weight is 409 g/mol. The standard InChI is InChI=1S/C18H19NO6S2/c1-13-4-5-14(27(22,23)19-6-8-24-9-7-19)11-15(13)18(21)25-12-16(20)17-3-2-10-26-17/h2-5,10-11H,6-9,12H2,1H3. The molecule has 1 fully saturated rings. The van der Waals surface area contributed by atoms with E-state index in [0.717, 1.165) is 0 Å². The van der Waals surface area contributed by atoms with Crippen molar-refractivity contribution in [3.05, 3.63) is 51.7 Å². The molecule has 0 atom stereocenters. The predicted octanol–water partition coefficient (Wildman–Crippen LogP) is 2.12. The molecule has 1 saturated heterocycles. The fourth-order valence-electron chi connectivity index (χ4n) is 2.63. The largest absolute Gasteiger partial charge is 0.454 e. The summed E-state index contributed by atoms with van der Waals surface area (Å²) >= 11 is 1.27. The number of benzene rings is 1. The van der Waals surface area contributed by atoms with E-state index in [4.69, 9.17) is 9.47 Å². The van der Waals surface area contributed by atoms with Crippen molar-refractivity contribution >= 4 is 33.1 Å². The Hall–Kier alpha value is -2.07. The first-order valence-corrected chi connectivity index (χ1v) is 10.6. The van der Waals surface area contributed by atoms with Crippen molar-refractivity contribution in [2.45, 2.75) is 11.8 Å². The van der Waals surface area contributed by atoms with Crippen LogP contribution in [0.1, 0.15) is 25.6 Å². The molecule has 1 aromatic carbocycles. The number of hydrogen-bond donors (Lipinski definition) is 0. The van der Waals surface area contributed by atoms with E-state index in [1.165, 1.54) is 27.8 Å². The maximum absolute atomic E-state index is 12.8. The Morgan fingerprint density at radius 2 is 1.96 bits per heavy atom. The first kappa shape index (κ1) is 19.7. The van der Waals surface area contributed by atoms with Gasteiger partial charge in [-0.1, -0.05) is 12.1 Å². The van der Waals surface area contributed by atoms with Crippen molar-refractivity contribution in [2.24, 2.45) is 0 Å². The summed E-state index contributed by atoms with van der Waals surface area (Å²) in [5, 5.41) is 1.76. The molecular weight excluding hydrogens is 390 g/mol. The van der Waals surface area contributed by atoms with Crippen LogP contribution in [0.2, 0.25) is 0 Å². The topological polar surface area (TPSA) is 90.0 Å². The van der Waals surface area contributed by atoms with Crippen molar-refractivity contribution in [3.63, 3.8) is 0 Å². The highest BCUT2D eigenvalue weighted by molar-refractivity contribution is 7.89. The molecule has 144 valence electrons. The lowest BCUT2D eigenvalue weighted by Crippen LogP contribution is -2.40. The molecule has 9 heteroatoms. The molecule has 7 nitrogen and oxygen atoms in total. The minimum Gasteiger partial charge on any atom is -0.454 e. The summed E-state index contributed by atoms with van der Waals surface area (Å²) in [5.74, 6) is -1.02. The fraction of sp³-hybridized carbons (Fsp3) is 0.333. The maximum Gasteiger partial charge on any atom is 0.338 e. The second-order valence-electron chi connectivity index (χ2n) is 5.97. The second kappa shape index (κ2) is 8.30. The molecule has 0 saturated carbocycles. The number of ketones is 1. The molecule has 0 aliphatic carbocycles. The van der Waals surface area contributed by atoms with E-state index >= 15 is 0 Å². The number of aryl methyl sites for hydroxylation is 1. The molecule has 27 heavy (non-hydrogen) atoms. The number of esters is 1. The van der Waals surface area contributed by atoms with Gasteiger partial charge in [-0.05, 0) is 36.1 Å². The van der Waals surface area contributed by atoms with Gasteiger partial charge in [0.2, 0.25) is 15.8 Å². The van der Waals surface area contributed by atoms with Gasteiger partial charge in [-0.3, -0.25) is 4.79 Å². The van der Waals surface area contributed by atoms with Crippen LogP contribution in [0.4, 0.5) is 0 Å². The summed E-state index contributed by atoms with van der Waals surface area (Å²) in [7, 11) is -3.72. The molecule has 0 bridgehead atoms. The molecule has 1 aromatic heterocycles. The van der Waals surface area contributed by atoms with Crippen LogP contribution in [0.3, 0.4) is 0 Å². The van der Waals surface area contributed by atoms with Gasteiger partial charge in [0.05, 0.1) is 28.5 Å². The van der Waals surface area contributed by atoms with Crippen molar-refractivity contribution < 1.29 is 27.5 Å². The van der Waals surface area contributed by atoms with E-state index in [2.05, 4.69) is 0 Å². The second-order valence-corrected chi connectivity index (χ2v) is 8.86. The number of carbonyl (C=O) groups excluding carboxylic acids is 2. The first-order valence-electron chi connectivity index (χ1n) is 8.32. The smallest absolute Gasteiger partial charge is 0.338 e. The summed E-state index contributed by atoms with van der Waals surface area (Å²) in [4.78, 5) is 24.9. The number of rotatable bonds is 6. The Morgan fingerprint density at radius 1 is 1.22 bits per heavy atom. The summed E-state index contributed by atoms with van der Waals surface area (Å²) in [6.07, 6.45) is 0. The van der Waals surface area contributed by atoms with Crippen LogP contribution in [0, 0.1) is 6.92 Å². The van der Waals surface area contributed by atoms with Gasteiger partial charge >= 0.3 is 5.97 Å². The number of nitrogens with zero attached hydrogens (tertiary/aromatic N) is 1. The molecule has 0 N–H and O–H groups in total. The highest BCUT2D eigenvalue weighted by atomic mass is 32.2. The SMILES string of the molecule is Cc1ccc(S(=O)(=O)N2CCOCC2)cc1C(=O)OCC(=O)c1cccs1. The number of hydrogen-bond acceptors (Lipinski definition) is 7. The van der Waals surface area contributed by atoms with Crippen molar-refractivity contribution in [1.29, 1.82) is 0 Å². The number of ether oxygens (including phenoxy) is 2. The van der Waals surface area contributed by atoms with E-state index in [1.807, 2.05) is 0 Å². The lowest BCUT2D eigenvalue weighted by Gasteiger charge is -2.26. The molecule has 0 radical (unpaired) electrons. The van der Waals surface area contributed by atoms with Gasteiger partial charge in [-0.15, -0.1) is 11.3 Å². The molecule has 0 unspecified atom stereocenters. The minimum atomic E-state index is -3.72. The molecule has 3 rings (SSSR count). The van der Waals surface area contributed by atoms with Crippen LogP contribution < -0.4 is 0 Å². The normalized spacial score (nSPS) is 15.4. The van der Waals surface area contributed by atoms with Crippen LogP contribution in [-0.4, -0.2) is 57.4 Å². The quantitative estimate of drug-likeness (QED) is 0.536. The zero-order valence-electron chi connectivity index (χ0n) is 14.7. The predicted molar refractivity (Wildman–Crippen MR) is 99.7 cm³/mol. The van der Waals surface area contributed by atoms with Gasteiger partial charge in [0.25, 0.3) is 0 Å². The Balaban J connectivity index is 1.76. The van der Waals surface area contributed by atoms with E-state index < -0.39 is 16.0 Å². The van der Waals surface area contributed by atoms with Gasteiger partial charge in [0, 0.05) is 13.1 Å². The number of carbonyl (C=O) groups is 2. The highest BCUT2D eigenvalue weighted by Gasteiger charge is 2.27. The molecule has 2 heterocycles. The van der Waals surface area contributed by atoms with Crippen molar-refractivity contribution in [3.8, 4) is 0 Å². The lowest BCUT2D eigenvalue weighted by atomic mass is 10.1. The van der Waals surface area contributed by atoms with Gasteiger partial charge < -0.3 is 9.47 Å². The average Bonchev–Trinajstić information content (AvgIpc) is 3.21. The number of Topliss-reactive ketones (excluding diaryl/α,β-unsaturated/α-hetero) is 1. The highest BCUT2D eigenvalue weighted by Crippen LogP contribution is 2.21. The Morgan fingerprint density at radius 3 is 2.63 bits per heavy atom. The minimum absolute atomic E-state index is 0.0199. The molecule has 0 amide bonds. The maximum atomic E-state index is 12.8. The first-order chi connectivity index (χ1) is 12.9. The van der Waals surface area contributed by atoms with Gasteiger partial charge in [-0.2, -0.15) is 4.31 Å². The zero-order chi connectivity index (χ0) is 19.4. The fourth-order valence-corrected chi connectivity index (χ4v) is 4.72. The summed E-state index contributed by atoms with van der Waals surface area (Å²) in [6.45, 7) is 2.51. The van der Waals surface area contributed by atoms with Crippen molar-refractivity contribution in [1.82, 2.24) is 4.31 Å². The molecular formula is C18H19NO6S2. The summed E-state index contributed by atoms with van der Waals surface area (Å²) < 4.78 is 37.1. The van der Waals surface area contributed by atoms with E-state index in [-0.39, 0.29) is 35.9 Å². The van der Waals surface area contributed by atoms with Crippen LogP contribution in [0.25, 0.3) is 0 Å². The van der Waals surface area contributed by atoms with E-state index in [9.17, 15) is 18.0 Å². The lowest BCUT2D eigenvalue weighted by molar-refractivity contribution is 0.0474. The molecule has 1 aliphatic heterocycles. The Labute approximate surface area is 161 Å². The third kappa shape index (κ3) is 4.44. The third-order valence-corrected chi connectivity index (χ3v) is 6.97. The van der Waals surface area contributed by atoms with Crippen LogP contribution >= 0.6 is 11.3 Å².